The molecule has 0 spiro atoms. The van der Waals surface area contributed by atoms with Crippen LogP contribution in [-0.2, 0) is 0 Å². The van der Waals surface area contributed by atoms with Crippen LogP contribution in [0.1, 0.15) is 6.92 Å². The fraction of sp³-hybridized carbons (Fsp3) is 0.250. The Morgan fingerprint density at radius 3 is 2.46 bits per heavy atom. The topological polar surface area (TPSA) is 20.2 Å². The number of hydrogen-bond donors (Lipinski definition) is 1. The van der Waals surface area contributed by atoms with Gasteiger partial charge in [0, 0.05) is 11.0 Å². The van der Waals surface area contributed by atoms with Crippen molar-refractivity contribution in [2.24, 2.45) is 0 Å². The molecule has 0 amide bonds. The second-order valence-corrected chi connectivity index (χ2v) is 4.71. The highest BCUT2D eigenvalue weighted by atomic mass is 35.5. The summed E-state index contributed by atoms with van der Waals surface area (Å²) in [5, 5.41) is 10.2. The van der Waals surface area contributed by atoms with Gasteiger partial charge in [-0.1, -0.05) is 41.7 Å². The van der Waals surface area contributed by atoms with E-state index in [4.69, 9.17) is 34.8 Å². The van der Waals surface area contributed by atoms with Gasteiger partial charge in [0.05, 0.1) is 10.0 Å². The van der Waals surface area contributed by atoms with Crippen molar-refractivity contribution in [2.75, 3.05) is 5.75 Å². The molecule has 5 heteroatoms. The number of rotatable bonds is 2. The molecule has 1 rings (SSSR count). The third-order valence-electron chi connectivity index (χ3n) is 1.39. The smallest absolute Gasteiger partial charge is 0.137 e. The van der Waals surface area contributed by atoms with E-state index in [0.29, 0.717) is 14.9 Å². The van der Waals surface area contributed by atoms with E-state index >= 15 is 0 Å². The largest absolute Gasteiger partial charge is 0.506 e. The lowest BCUT2D eigenvalue weighted by Gasteiger charge is -2.07. The lowest BCUT2D eigenvalue weighted by Crippen LogP contribution is -1.81. The average Bonchev–Trinajstić information content (AvgIpc) is 2.09. The Hall–Kier alpha value is 0.240. The first-order valence-electron chi connectivity index (χ1n) is 3.57. The third-order valence-corrected chi connectivity index (χ3v) is 3.77. The van der Waals surface area contributed by atoms with Gasteiger partial charge in [-0.25, -0.2) is 0 Å². The molecule has 0 aliphatic carbocycles. The maximum atomic E-state index is 9.26. The SMILES string of the molecule is CCSc1c(Cl)cc(O)c(Cl)c1Cl. The van der Waals surface area contributed by atoms with Crippen LogP contribution in [0.15, 0.2) is 11.0 Å². The van der Waals surface area contributed by atoms with E-state index in [1.165, 1.54) is 17.8 Å². The molecular formula is C8H7Cl3OS. The molecular weight excluding hydrogens is 251 g/mol. The molecule has 0 fully saturated rings. The normalized spacial score (nSPS) is 10.5. The van der Waals surface area contributed by atoms with Crippen LogP contribution in [0.3, 0.4) is 0 Å². The van der Waals surface area contributed by atoms with Crippen LogP contribution in [0.2, 0.25) is 15.1 Å². The molecule has 0 radical (unpaired) electrons. The minimum Gasteiger partial charge on any atom is -0.506 e. The Kier molecular flexibility index (Phi) is 4.05. The van der Waals surface area contributed by atoms with Crippen LogP contribution >= 0.6 is 46.6 Å². The van der Waals surface area contributed by atoms with Crippen molar-refractivity contribution in [2.45, 2.75) is 11.8 Å². The van der Waals surface area contributed by atoms with Crippen molar-refractivity contribution >= 4 is 46.6 Å². The number of phenols is 1. The maximum Gasteiger partial charge on any atom is 0.137 e. The van der Waals surface area contributed by atoms with Crippen LogP contribution in [0.5, 0.6) is 5.75 Å². The Morgan fingerprint density at radius 1 is 1.31 bits per heavy atom. The molecule has 1 N–H and O–H groups in total. The highest BCUT2D eigenvalue weighted by Gasteiger charge is 2.13. The van der Waals surface area contributed by atoms with Crippen molar-refractivity contribution in [1.82, 2.24) is 0 Å². The molecule has 0 aliphatic rings. The number of benzene rings is 1. The number of halogens is 3. The summed E-state index contributed by atoms with van der Waals surface area (Å²) in [6.07, 6.45) is 0. The molecule has 0 heterocycles. The van der Waals surface area contributed by atoms with E-state index in [1.807, 2.05) is 6.92 Å². The predicted molar refractivity (Wildman–Crippen MR) is 59.5 cm³/mol. The van der Waals surface area contributed by atoms with Crippen LogP contribution in [0.4, 0.5) is 0 Å². The number of phenolic OH excluding ortho intramolecular Hbond substituents is 1. The number of aromatic hydroxyl groups is 1. The summed E-state index contributed by atoms with van der Waals surface area (Å²) >= 11 is 19.0. The van der Waals surface area contributed by atoms with Gasteiger partial charge in [0.1, 0.15) is 10.8 Å². The quantitative estimate of drug-likeness (QED) is 0.623. The average molecular weight is 258 g/mol. The zero-order valence-corrected chi connectivity index (χ0v) is 9.86. The summed E-state index contributed by atoms with van der Waals surface area (Å²) < 4.78 is 0. The van der Waals surface area contributed by atoms with E-state index < -0.39 is 0 Å². The minimum absolute atomic E-state index is 0.0860. The standard InChI is InChI=1S/C8H7Cl3OS/c1-2-13-8-4(9)3-5(12)6(10)7(8)11/h3,12H,2H2,1H3. The first-order chi connectivity index (χ1) is 6.07. The van der Waals surface area contributed by atoms with Crippen LogP contribution in [0.25, 0.3) is 0 Å². The molecule has 0 aliphatic heterocycles. The van der Waals surface area contributed by atoms with Crippen LogP contribution in [-0.4, -0.2) is 10.9 Å². The number of hydrogen-bond acceptors (Lipinski definition) is 2. The summed E-state index contributed by atoms with van der Waals surface area (Å²) in [7, 11) is 0. The molecule has 0 bridgehead atoms. The van der Waals surface area contributed by atoms with Gasteiger partial charge >= 0.3 is 0 Å². The molecule has 1 aromatic carbocycles. The van der Waals surface area contributed by atoms with Gasteiger partial charge in [-0.2, -0.15) is 0 Å². The van der Waals surface area contributed by atoms with Gasteiger partial charge in [-0.05, 0) is 5.75 Å². The molecule has 0 saturated heterocycles. The van der Waals surface area contributed by atoms with Crippen LogP contribution < -0.4 is 0 Å². The monoisotopic (exact) mass is 256 g/mol. The molecule has 0 unspecified atom stereocenters. The zero-order valence-electron chi connectivity index (χ0n) is 6.77. The molecule has 1 aromatic rings. The lowest BCUT2D eigenvalue weighted by atomic mass is 10.3. The second-order valence-electron chi connectivity index (χ2n) is 2.27. The maximum absolute atomic E-state index is 9.26. The zero-order chi connectivity index (χ0) is 10.0. The molecule has 1 nitrogen and oxygen atoms in total. The predicted octanol–water partition coefficient (Wildman–Crippen LogP) is 4.46. The number of thioether (sulfide) groups is 1. The van der Waals surface area contributed by atoms with Gasteiger partial charge in [0.25, 0.3) is 0 Å². The van der Waals surface area contributed by atoms with Gasteiger partial charge in [0.2, 0.25) is 0 Å². The third kappa shape index (κ3) is 2.38. The highest BCUT2D eigenvalue weighted by Crippen LogP contribution is 2.43. The summed E-state index contributed by atoms with van der Waals surface area (Å²) in [6.45, 7) is 1.98. The fourth-order valence-electron chi connectivity index (χ4n) is 0.843. The van der Waals surface area contributed by atoms with E-state index in [0.717, 1.165) is 5.75 Å². The van der Waals surface area contributed by atoms with Gasteiger partial charge in [0.15, 0.2) is 0 Å². The van der Waals surface area contributed by atoms with Crippen molar-refractivity contribution in [3.63, 3.8) is 0 Å². The Labute approximate surface area is 96.0 Å². The summed E-state index contributed by atoms with van der Waals surface area (Å²) in [5.74, 6) is 0.762. The van der Waals surface area contributed by atoms with Crippen molar-refractivity contribution in [1.29, 1.82) is 0 Å². The van der Waals surface area contributed by atoms with E-state index in [9.17, 15) is 5.11 Å². The molecule has 0 saturated carbocycles. The molecule has 0 aromatic heterocycles. The van der Waals surface area contributed by atoms with Crippen LogP contribution in [0, 0.1) is 0 Å². The van der Waals surface area contributed by atoms with Gasteiger partial charge in [-0.3, -0.25) is 0 Å². The summed E-state index contributed by atoms with van der Waals surface area (Å²) in [5.41, 5.74) is 0. The van der Waals surface area contributed by atoms with Crippen molar-refractivity contribution in [3.8, 4) is 5.75 Å². The van der Waals surface area contributed by atoms with Crippen molar-refractivity contribution in [3.05, 3.63) is 21.1 Å². The Bertz CT molecular complexity index is 328. The van der Waals surface area contributed by atoms with Gasteiger partial charge in [-0.15, -0.1) is 11.8 Å². The molecule has 13 heavy (non-hydrogen) atoms. The lowest BCUT2D eigenvalue weighted by molar-refractivity contribution is 0.475. The first kappa shape index (κ1) is 11.3. The van der Waals surface area contributed by atoms with Gasteiger partial charge < -0.3 is 5.11 Å². The summed E-state index contributed by atoms with van der Waals surface area (Å²) in [4.78, 5) is 0.716. The van der Waals surface area contributed by atoms with Crippen molar-refractivity contribution < 1.29 is 5.11 Å². The summed E-state index contributed by atoms with van der Waals surface area (Å²) in [6, 6.07) is 1.40. The molecule has 0 atom stereocenters. The van der Waals surface area contributed by atoms with E-state index in [-0.39, 0.29) is 10.8 Å². The second kappa shape index (κ2) is 4.65. The Balaban J connectivity index is 3.26. The highest BCUT2D eigenvalue weighted by molar-refractivity contribution is 7.99. The first-order valence-corrected chi connectivity index (χ1v) is 5.69. The van der Waals surface area contributed by atoms with E-state index in [2.05, 4.69) is 0 Å². The fourth-order valence-corrected chi connectivity index (χ4v) is 2.53. The van der Waals surface area contributed by atoms with E-state index in [1.54, 1.807) is 0 Å². The minimum atomic E-state index is -0.0860. The molecule has 72 valence electrons. The Morgan fingerprint density at radius 2 is 1.92 bits per heavy atom.